The molecule has 25 heavy (non-hydrogen) atoms. The Balaban J connectivity index is 2.17. The van der Waals surface area contributed by atoms with Crippen molar-refractivity contribution in [3.63, 3.8) is 0 Å². The quantitative estimate of drug-likeness (QED) is 0.853. The number of terminal acetylenes is 1. The molecule has 6 heteroatoms. The van der Waals surface area contributed by atoms with E-state index in [9.17, 15) is 13.6 Å². The predicted octanol–water partition coefficient (Wildman–Crippen LogP) is 3.28. The predicted molar refractivity (Wildman–Crippen MR) is 89.4 cm³/mol. The number of carbonyl (C=O) groups excluding carboxylic acids is 1. The van der Waals surface area contributed by atoms with Crippen LogP contribution in [0.1, 0.15) is 43.9 Å². The van der Waals surface area contributed by atoms with E-state index in [-0.39, 0.29) is 23.1 Å². The second-order valence-corrected chi connectivity index (χ2v) is 6.40. The molecule has 2 atom stereocenters. The van der Waals surface area contributed by atoms with Crippen molar-refractivity contribution in [2.24, 2.45) is 0 Å². The summed E-state index contributed by atoms with van der Waals surface area (Å²) < 4.78 is 28.1. The van der Waals surface area contributed by atoms with E-state index in [0.29, 0.717) is 24.1 Å². The minimum atomic E-state index is -0.716. The van der Waals surface area contributed by atoms with Crippen LogP contribution in [0.2, 0.25) is 0 Å². The minimum Gasteiger partial charge on any atom is -0.345 e. The number of benzene rings is 1. The molecule has 2 aromatic rings. The molecular weight excluding hydrogens is 324 g/mol. The number of carbonyl (C=O) groups is 1. The molecule has 1 aromatic carbocycles. The van der Waals surface area contributed by atoms with Crippen LogP contribution in [0, 0.1) is 24.0 Å². The first-order valence-electron chi connectivity index (χ1n) is 7.93. The summed E-state index contributed by atoms with van der Waals surface area (Å²) >= 11 is 0. The number of nitrogens with zero attached hydrogens (tertiary/aromatic N) is 2. The number of aromatic nitrogens is 2. The number of nitrogens with one attached hydrogen (secondary N) is 1. The molecule has 1 aliphatic carbocycles. The standard InChI is InChI=1S/C19H17F2N3O/c1-4-12-8-9-19(3,22-11(2)25)18-13(12)10-16(23-24-18)17-14(20)6-5-7-15(17)21/h1,5-7,10,12H,8-9H2,2-3H3,(H,22,25)/t12-,19-/m0/s1. The Morgan fingerprint density at radius 1 is 1.36 bits per heavy atom. The fraction of sp³-hybridized carbons (Fsp3) is 0.316. The van der Waals surface area contributed by atoms with Gasteiger partial charge in [0.25, 0.3) is 0 Å². The lowest BCUT2D eigenvalue weighted by Crippen LogP contribution is -2.46. The molecule has 0 spiro atoms. The smallest absolute Gasteiger partial charge is 0.217 e. The van der Waals surface area contributed by atoms with Crippen LogP contribution in [0.3, 0.4) is 0 Å². The zero-order valence-corrected chi connectivity index (χ0v) is 13.9. The van der Waals surface area contributed by atoms with Crippen molar-refractivity contribution in [1.29, 1.82) is 0 Å². The number of hydrogen-bond donors (Lipinski definition) is 1. The lowest BCUT2D eigenvalue weighted by Gasteiger charge is -2.37. The SMILES string of the molecule is C#C[C@H]1CC[C@](C)(NC(C)=O)c2nnc(-c3c(F)cccc3F)cc21. The summed E-state index contributed by atoms with van der Waals surface area (Å²) in [6.07, 6.45) is 6.86. The van der Waals surface area contributed by atoms with Crippen LogP contribution in [-0.4, -0.2) is 16.1 Å². The Morgan fingerprint density at radius 3 is 2.64 bits per heavy atom. The first-order chi connectivity index (χ1) is 11.9. The Morgan fingerprint density at radius 2 is 2.04 bits per heavy atom. The fourth-order valence-corrected chi connectivity index (χ4v) is 3.36. The minimum absolute atomic E-state index is 0.0849. The Hall–Kier alpha value is -2.81. The molecule has 1 heterocycles. The third-order valence-corrected chi connectivity index (χ3v) is 4.53. The molecule has 1 amide bonds. The largest absolute Gasteiger partial charge is 0.345 e. The van der Waals surface area contributed by atoms with E-state index < -0.39 is 17.2 Å². The summed E-state index contributed by atoms with van der Waals surface area (Å²) in [6.45, 7) is 3.27. The molecule has 0 aliphatic heterocycles. The van der Waals surface area contributed by atoms with E-state index in [1.54, 1.807) is 6.07 Å². The molecule has 0 saturated heterocycles. The highest BCUT2D eigenvalue weighted by Gasteiger charge is 2.38. The number of rotatable bonds is 2. The third-order valence-electron chi connectivity index (χ3n) is 4.53. The molecule has 0 radical (unpaired) electrons. The Kier molecular flexibility index (Phi) is 4.25. The first-order valence-corrected chi connectivity index (χ1v) is 7.93. The van der Waals surface area contributed by atoms with Gasteiger partial charge in [-0.1, -0.05) is 12.0 Å². The molecule has 4 nitrogen and oxygen atoms in total. The summed E-state index contributed by atoms with van der Waals surface area (Å²) in [5.74, 6) is 0.815. The van der Waals surface area contributed by atoms with Gasteiger partial charge in [-0.2, -0.15) is 5.10 Å². The lowest BCUT2D eigenvalue weighted by atomic mass is 9.75. The molecule has 0 fully saturated rings. The van der Waals surface area contributed by atoms with Crippen molar-refractivity contribution in [3.8, 4) is 23.6 Å². The van der Waals surface area contributed by atoms with Crippen molar-refractivity contribution in [3.05, 3.63) is 47.2 Å². The summed E-state index contributed by atoms with van der Waals surface area (Å²) in [6, 6.07) is 5.20. The van der Waals surface area contributed by atoms with Gasteiger partial charge in [0.15, 0.2) is 0 Å². The Labute approximate surface area is 144 Å². The highest BCUT2D eigenvalue weighted by molar-refractivity contribution is 5.74. The van der Waals surface area contributed by atoms with Crippen molar-refractivity contribution in [2.45, 2.75) is 38.1 Å². The van der Waals surface area contributed by atoms with Crippen LogP contribution in [0.5, 0.6) is 0 Å². The van der Waals surface area contributed by atoms with Gasteiger partial charge in [-0.05, 0) is 43.5 Å². The van der Waals surface area contributed by atoms with E-state index >= 15 is 0 Å². The van der Waals surface area contributed by atoms with E-state index in [2.05, 4.69) is 21.4 Å². The van der Waals surface area contributed by atoms with Crippen LogP contribution in [0.15, 0.2) is 24.3 Å². The number of fused-ring (bicyclic) bond motifs is 1. The monoisotopic (exact) mass is 341 g/mol. The molecule has 0 unspecified atom stereocenters. The average molecular weight is 341 g/mol. The summed E-state index contributed by atoms with van der Waals surface area (Å²) in [5.41, 5.74) is 0.338. The van der Waals surface area contributed by atoms with Gasteiger partial charge in [0.05, 0.1) is 22.5 Å². The van der Waals surface area contributed by atoms with Crippen LogP contribution in [-0.2, 0) is 10.3 Å². The van der Waals surface area contributed by atoms with Gasteiger partial charge in [-0.25, -0.2) is 8.78 Å². The van der Waals surface area contributed by atoms with Crippen molar-refractivity contribution in [2.75, 3.05) is 0 Å². The summed E-state index contributed by atoms with van der Waals surface area (Å²) in [7, 11) is 0. The first kappa shape index (κ1) is 17.0. The van der Waals surface area contributed by atoms with Gasteiger partial charge in [-0.15, -0.1) is 11.5 Å². The van der Waals surface area contributed by atoms with Gasteiger partial charge < -0.3 is 5.32 Å². The van der Waals surface area contributed by atoms with Gasteiger partial charge in [0, 0.05) is 12.8 Å². The second kappa shape index (κ2) is 6.25. The lowest BCUT2D eigenvalue weighted by molar-refractivity contribution is -0.121. The molecule has 0 saturated carbocycles. The number of hydrogen-bond acceptors (Lipinski definition) is 3. The van der Waals surface area contributed by atoms with Crippen LogP contribution in [0.4, 0.5) is 8.78 Å². The highest BCUT2D eigenvalue weighted by atomic mass is 19.1. The van der Waals surface area contributed by atoms with E-state index in [4.69, 9.17) is 6.42 Å². The number of halogens is 2. The van der Waals surface area contributed by atoms with Crippen molar-refractivity contribution >= 4 is 5.91 Å². The maximum Gasteiger partial charge on any atom is 0.217 e. The second-order valence-electron chi connectivity index (χ2n) is 6.40. The van der Waals surface area contributed by atoms with Gasteiger partial charge in [0.1, 0.15) is 11.6 Å². The fourth-order valence-electron chi connectivity index (χ4n) is 3.36. The van der Waals surface area contributed by atoms with E-state index in [0.717, 1.165) is 0 Å². The van der Waals surface area contributed by atoms with Gasteiger partial charge >= 0.3 is 0 Å². The average Bonchev–Trinajstić information content (AvgIpc) is 2.54. The van der Waals surface area contributed by atoms with Crippen LogP contribution in [0.25, 0.3) is 11.3 Å². The van der Waals surface area contributed by atoms with Crippen LogP contribution >= 0.6 is 0 Å². The van der Waals surface area contributed by atoms with E-state index in [1.165, 1.54) is 25.1 Å². The normalized spacial score (nSPS) is 22.0. The number of amides is 1. The Bertz CT molecular complexity index is 870. The molecule has 1 aliphatic rings. The summed E-state index contributed by atoms with van der Waals surface area (Å²) in [4.78, 5) is 11.6. The topological polar surface area (TPSA) is 54.9 Å². The third kappa shape index (κ3) is 2.98. The summed E-state index contributed by atoms with van der Waals surface area (Å²) in [5, 5.41) is 11.1. The maximum absolute atomic E-state index is 14.1. The van der Waals surface area contributed by atoms with Crippen molar-refractivity contribution < 1.29 is 13.6 Å². The molecule has 128 valence electrons. The highest BCUT2D eigenvalue weighted by Crippen LogP contribution is 2.41. The maximum atomic E-state index is 14.1. The van der Waals surface area contributed by atoms with Crippen LogP contribution < -0.4 is 5.32 Å². The van der Waals surface area contributed by atoms with Gasteiger partial charge in [-0.3, -0.25) is 4.79 Å². The van der Waals surface area contributed by atoms with E-state index in [1.807, 2.05) is 6.92 Å². The zero-order valence-electron chi connectivity index (χ0n) is 13.9. The zero-order chi connectivity index (χ0) is 18.2. The van der Waals surface area contributed by atoms with Crippen molar-refractivity contribution in [1.82, 2.24) is 15.5 Å². The molecule has 0 bridgehead atoms. The van der Waals surface area contributed by atoms with Gasteiger partial charge in [0.2, 0.25) is 5.91 Å². The molecule has 1 N–H and O–H groups in total. The molecule has 3 rings (SSSR count). The molecule has 1 aromatic heterocycles. The molecular formula is C19H17F2N3O.